The molecule has 3 aromatic rings. The summed E-state index contributed by atoms with van der Waals surface area (Å²) in [6.45, 7) is 0. The first-order chi connectivity index (χ1) is 10.2. The van der Waals surface area contributed by atoms with E-state index in [-0.39, 0.29) is 17.9 Å². The monoisotopic (exact) mass is 332 g/mol. The zero-order valence-electron chi connectivity index (χ0n) is 11.6. The van der Waals surface area contributed by atoms with Gasteiger partial charge in [0.05, 0.1) is 5.52 Å². The van der Waals surface area contributed by atoms with Crippen LogP contribution >= 0.6 is 24.0 Å². The first kappa shape index (κ1) is 14.9. The lowest BCUT2D eigenvalue weighted by Crippen LogP contribution is -2.23. The minimum atomic E-state index is -0.151. The Morgan fingerprint density at radius 1 is 1.14 bits per heavy atom. The number of halogens is 2. The average Bonchev–Trinajstić information content (AvgIpc) is 2.82. The molecule has 0 saturated heterocycles. The van der Waals surface area contributed by atoms with E-state index in [4.69, 9.17) is 17.3 Å². The Balaban J connectivity index is 0.00000144. The number of benzene rings is 2. The summed E-state index contributed by atoms with van der Waals surface area (Å²) in [5, 5.41) is 0.917. The molecule has 1 unspecified atom stereocenters. The number of hydrogen-bond donors (Lipinski definition) is 1. The Kier molecular flexibility index (Phi) is 3.81. The van der Waals surface area contributed by atoms with Crippen LogP contribution in [0, 0.1) is 0 Å². The zero-order chi connectivity index (χ0) is 14.4. The molecule has 1 atom stereocenters. The highest BCUT2D eigenvalue weighted by molar-refractivity contribution is 6.23. The normalized spacial score (nSPS) is 16.4. The summed E-state index contributed by atoms with van der Waals surface area (Å²) in [6.07, 6.45) is 2.37. The number of nitrogen functional groups attached to an aromatic ring is 1. The van der Waals surface area contributed by atoms with E-state index in [1.54, 1.807) is 6.33 Å². The lowest BCUT2D eigenvalue weighted by atomic mass is 10.1. The van der Waals surface area contributed by atoms with E-state index < -0.39 is 0 Å². The van der Waals surface area contributed by atoms with Gasteiger partial charge in [-0.2, -0.15) is 0 Å². The molecule has 0 radical (unpaired) electrons. The Labute approximate surface area is 139 Å². The molecule has 22 heavy (non-hydrogen) atoms. The number of hydrogen-bond acceptors (Lipinski definition) is 4. The summed E-state index contributed by atoms with van der Waals surface area (Å²) >= 11 is 6.55. The smallest absolute Gasteiger partial charge is 0.145 e. The quantitative estimate of drug-likeness (QED) is 0.417. The van der Waals surface area contributed by atoms with Gasteiger partial charge in [-0.3, -0.25) is 0 Å². The van der Waals surface area contributed by atoms with Crippen molar-refractivity contribution < 1.29 is 0 Å². The van der Waals surface area contributed by atoms with E-state index in [0.29, 0.717) is 5.69 Å². The van der Waals surface area contributed by atoms with Gasteiger partial charge in [-0.25, -0.2) is 9.97 Å². The molecule has 0 saturated carbocycles. The summed E-state index contributed by atoms with van der Waals surface area (Å²) in [6, 6.07) is 13.9. The summed E-state index contributed by atoms with van der Waals surface area (Å²) in [5.41, 5.74) is 9.64. The molecule has 1 aliphatic rings. The molecular formula is C16H14Cl2N4. The van der Waals surface area contributed by atoms with Crippen LogP contribution in [0.15, 0.2) is 48.8 Å². The van der Waals surface area contributed by atoms with Gasteiger partial charge >= 0.3 is 0 Å². The van der Waals surface area contributed by atoms with E-state index in [9.17, 15) is 0 Å². The van der Waals surface area contributed by atoms with Crippen LogP contribution in [0.5, 0.6) is 0 Å². The fourth-order valence-corrected chi connectivity index (χ4v) is 3.21. The maximum absolute atomic E-state index is 6.55. The Morgan fingerprint density at radius 3 is 2.82 bits per heavy atom. The van der Waals surface area contributed by atoms with Crippen molar-refractivity contribution in [3.8, 4) is 0 Å². The number of nitrogens with two attached hydrogens (primary N) is 1. The van der Waals surface area contributed by atoms with Crippen LogP contribution in [0.4, 0.5) is 17.2 Å². The number of anilines is 3. The molecule has 112 valence electrons. The predicted octanol–water partition coefficient (Wildman–Crippen LogP) is 3.89. The van der Waals surface area contributed by atoms with Crippen molar-refractivity contribution >= 4 is 52.1 Å². The third-order valence-electron chi connectivity index (χ3n) is 3.79. The molecule has 2 heterocycles. The van der Waals surface area contributed by atoms with Gasteiger partial charge in [-0.05, 0) is 29.8 Å². The van der Waals surface area contributed by atoms with Gasteiger partial charge in [0.15, 0.2) is 0 Å². The Bertz CT molecular complexity index is 837. The van der Waals surface area contributed by atoms with E-state index in [1.807, 2.05) is 30.3 Å². The molecule has 0 spiro atoms. The summed E-state index contributed by atoms with van der Waals surface area (Å²) in [7, 11) is 0. The van der Waals surface area contributed by atoms with Crippen LogP contribution < -0.4 is 10.6 Å². The first-order valence-corrected chi connectivity index (χ1v) is 7.19. The highest BCUT2D eigenvalue weighted by Crippen LogP contribution is 2.41. The van der Waals surface area contributed by atoms with Crippen molar-refractivity contribution in [1.29, 1.82) is 0 Å². The molecule has 0 bridgehead atoms. The van der Waals surface area contributed by atoms with Crippen molar-refractivity contribution in [3.05, 3.63) is 54.4 Å². The van der Waals surface area contributed by atoms with Crippen LogP contribution in [0.1, 0.15) is 5.56 Å². The standard InChI is InChI=1S/C16H13ClN4.ClH/c17-15-7-10-3-1-2-4-14(10)21(15)16-12-8-11(18)5-6-13(12)19-9-20-16;/h1-6,8-9,15H,7,18H2;1H. The van der Waals surface area contributed by atoms with Crippen LogP contribution in [0.3, 0.4) is 0 Å². The topological polar surface area (TPSA) is 55.0 Å². The lowest BCUT2D eigenvalue weighted by molar-refractivity contribution is 0.901. The van der Waals surface area contributed by atoms with Gasteiger partial charge in [0, 0.05) is 23.2 Å². The number of nitrogens with zero attached hydrogens (tertiary/aromatic N) is 3. The number of para-hydroxylation sites is 1. The highest BCUT2D eigenvalue weighted by atomic mass is 35.5. The van der Waals surface area contributed by atoms with Crippen LogP contribution in [0.2, 0.25) is 0 Å². The van der Waals surface area contributed by atoms with Crippen LogP contribution in [-0.4, -0.2) is 15.5 Å². The van der Waals surface area contributed by atoms with Crippen molar-refractivity contribution in [2.45, 2.75) is 11.9 Å². The Morgan fingerprint density at radius 2 is 1.95 bits per heavy atom. The lowest BCUT2D eigenvalue weighted by Gasteiger charge is -2.23. The van der Waals surface area contributed by atoms with Crippen molar-refractivity contribution in [2.75, 3.05) is 10.6 Å². The predicted molar refractivity (Wildman–Crippen MR) is 93.1 cm³/mol. The SMILES string of the molecule is Cl.Nc1ccc2ncnc(N3c4ccccc4CC3Cl)c2c1. The van der Waals surface area contributed by atoms with Crippen molar-refractivity contribution in [3.63, 3.8) is 0 Å². The number of aromatic nitrogens is 2. The van der Waals surface area contributed by atoms with E-state index in [1.165, 1.54) is 5.56 Å². The third-order valence-corrected chi connectivity index (χ3v) is 4.14. The zero-order valence-corrected chi connectivity index (χ0v) is 13.2. The Hall–Kier alpha value is -2.04. The molecule has 0 aliphatic carbocycles. The average molecular weight is 333 g/mol. The molecule has 2 aromatic carbocycles. The van der Waals surface area contributed by atoms with E-state index >= 15 is 0 Å². The molecule has 2 N–H and O–H groups in total. The molecule has 4 nitrogen and oxygen atoms in total. The van der Waals surface area contributed by atoms with Gasteiger partial charge in [-0.1, -0.05) is 29.8 Å². The molecule has 1 aromatic heterocycles. The summed E-state index contributed by atoms with van der Waals surface area (Å²) in [4.78, 5) is 10.8. The molecule has 4 rings (SSSR count). The van der Waals surface area contributed by atoms with Gasteiger partial charge in [0.2, 0.25) is 0 Å². The molecule has 0 fully saturated rings. The second-order valence-corrected chi connectivity index (χ2v) is 5.61. The van der Waals surface area contributed by atoms with Crippen molar-refractivity contribution in [1.82, 2.24) is 9.97 Å². The van der Waals surface area contributed by atoms with Crippen molar-refractivity contribution in [2.24, 2.45) is 0 Å². The van der Waals surface area contributed by atoms with Crippen LogP contribution in [-0.2, 0) is 6.42 Å². The second-order valence-electron chi connectivity index (χ2n) is 5.11. The molecular weight excluding hydrogens is 319 g/mol. The fraction of sp³-hybridized carbons (Fsp3) is 0.125. The minimum absolute atomic E-state index is 0. The molecule has 1 aliphatic heterocycles. The molecule has 0 amide bonds. The third kappa shape index (κ3) is 2.25. The second kappa shape index (κ2) is 5.63. The van der Waals surface area contributed by atoms with Gasteiger partial charge in [-0.15, -0.1) is 12.4 Å². The number of rotatable bonds is 1. The number of alkyl halides is 1. The maximum Gasteiger partial charge on any atom is 0.145 e. The van der Waals surface area contributed by atoms with E-state index in [2.05, 4.69) is 27.0 Å². The van der Waals surface area contributed by atoms with Crippen LogP contribution in [0.25, 0.3) is 10.9 Å². The number of fused-ring (bicyclic) bond motifs is 2. The first-order valence-electron chi connectivity index (χ1n) is 6.75. The fourth-order valence-electron chi connectivity index (χ4n) is 2.84. The minimum Gasteiger partial charge on any atom is -0.399 e. The van der Waals surface area contributed by atoms with E-state index in [0.717, 1.165) is 28.8 Å². The largest absolute Gasteiger partial charge is 0.399 e. The summed E-state index contributed by atoms with van der Waals surface area (Å²) < 4.78 is 0. The van der Waals surface area contributed by atoms with Gasteiger partial charge < -0.3 is 10.6 Å². The summed E-state index contributed by atoms with van der Waals surface area (Å²) in [5.74, 6) is 0.803. The molecule has 6 heteroatoms. The highest BCUT2D eigenvalue weighted by Gasteiger charge is 2.30. The van der Waals surface area contributed by atoms with Gasteiger partial charge in [0.25, 0.3) is 0 Å². The maximum atomic E-state index is 6.55. The van der Waals surface area contributed by atoms with Gasteiger partial charge in [0.1, 0.15) is 17.6 Å².